The van der Waals surface area contributed by atoms with Crippen LogP contribution >= 0.6 is 35.6 Å². The van der Waals surface area contributed by atoms with Crippen LogP contribution in [0.5, 0.6) is 0 Å². The van der Waals surface area contributed by atoms with Crippen LogP contribution in [0.3, 0.4) is 0 Å². The lowest BCUT2D eigenvalue weighted by molar-refractivity contribution is -0.122. The predicted molar refractivity (Wildman–Crippen MR) is 158 cm³/mol. The Morgan fingerprint density at radius 2 is 1.84 bits per heavy atom. The van der Waals surface area contributed by atoms with Crippen molar-refractivity contribution < 1.29 is 4.79 Å². The molecule has 0 radical (unpaired) electrons. The Kier molecular flexibility index (Phi) is 9.40. The van der Waals surface area contributed by atoms with Crippen LogP contribution in [0, 0.1) is 6.92 Å². The molecule has 1 N–H and O–H groups in total. The number of hydrogen-bond donors (Lipinski definition) is 1. The highest BCUT2D eigenvalue weighted by atomic mass is 35.5. The Labute approximate surface area is 232 Å². The van der Waals surface area contributed by atoms with Crippen LogP contribution < -0.4 is 10.9 Å². The number of halogens is 1. The first-order chi connectivity index (χ1) is 17.9. The van der Waals surface area contributed by atoms with Gasteiger partial charge in [0.15, 0.2) is 0 Å². The van der Waals surface area contributed by atoms with Gasteiger partial charge in [-0.25, -0.2) is 4.98 Å². The van der Waals surface area contributed by atoms with Crippen molar-refractivity contribution in [3.05, 3.63) is 79.6 Å². The fraction of sp³-hybridized carbons (Fsp3) is 0.357. The van der Waals surface area contributed by atoms with Gasteiger partial charge in [0.2, 0.25) is 0 Å². The van der Waals surface area contributed by atoms with Crippen LogP contribution in [0.15, 0.2) is 52.3 Å². The number of carbonyl (C=O) groups excluding carboxylic acids is 1. The monoisotopic (exact) mass is 554 g/mol. The minimum absolute atomic E-state index is 0.226. The molecule has 1 fully saturated rings. The van der Waals surface area contributed by atoms with Gasteiger partial charge in [-0.15, -0.1) is 0 Å². The molecule has 0 spiro atoms. The molecule has 1 aliphatic heterocycles. The van der Waals surface area contributed by atoms with Crippen molar-refractivity contribution in [1.82, 2.24) is 14.3 Å². The number of anilines is 1. The maximum absolute atomic E-state index is 13.6. The molecule has 1 aliphatic rings. The number of fused-ring (bicyclic) bond motifs is 1. The third-order valence-electron chi connectivity index (χ3n) is 6.34. The molecule has 37 heavy (non-hydrogen) atoms. The number of amides is 1. The summed E-state index contributed by atoms with van der Waals surface area (Å²) in [6.45, 7) is 5.12. The Hall–Kier alpha value is -2.68. The van der Waals surface area contributed by atoms with Crippen LogP contribution in [0.1, 0.15) is 62.1 Å². The first-order valence-electron chi connectivity index (χ1n) is 12.6. The number of aromatic nitrogens is 2. The zero-order valence-electron chi connectivity index (χ0n) is 21.1. The number of aryl methyl sites for hydroxylation is 1. The Morgan fingerprint density at radius 1 is 1.08 bits per heavy atom. The van der Waals surface area contributed by atoms with E-state index in [1.165, 1.54) is 46.7 Å². The lowest BCUT2D eigenvalue weighted by Gasteiger charge is -2.15. The van der Waals surface area contributed by atoms with E-state index in [9.17, 15) is 9.59 Å². The summed E-state index contributed by atoms with van der Waals surface area (Å²) in [6, 6.07) is 11.1. The number of thioether (sulfide) groups is 1. The average molecular weight is 555 g/mol. The number of benzene rings is 1. The molecule has 0 saturated carbocycles. The fourth-order valence-electron chi connectivity index (χ4n) is 4.25. The summed E-state index contributed by atoms with van der Waals surface area (Å²) < 4.78 is 1.96. The van der Waals surface area contributed by atoms with Gasteiger partial charge in [-0.2, -0.15) is 0 Å². The van der Waals surface area contributed by atoms with Gasteiger partial charge in [-0.3, -0.25) is 18.9 Å². The van der Waals surface area contributed by atoms with Gasteiger partial charge in [-0.05, 0) is 42.7 Å². The molecule has 4 rings (SSSR count). The fourth-order valence-corrected chi connectivity index (χ4v) is 5.69. The number of unbranched alkanes of at least 4 members (excludes halogenated alkanes) is 5. The molecule has 6 nitrogen and oxygen atoms in total. The normalized spacial score (nSPS) is 14.8. The van der Waals surface area contributed by atoms with Gasteiger partial charge in [0, 0.05) is 17.8 Å². The summed E-state index contributed by atoms with van der Waals surface area (Å²) in [5, 5.41) is 3.95. The lowest BCUT2D eigenvalue weighted by Crippen LogP contribution is -2.27. The van der Waals surface area contributed by atoms with E-state index in [-0.39, 0.29) is 18.0 Å². The van der Waals surface area contributed by atoms with E-state index in [0.29, 0.717) is 37.8 Å². The van der Waals surface area contributed by atoms with Gasteiger partial charge in [0.05, 0.1) is 17.0 Å². The maximum atomic E-state index is 13.6. The summed E-state index contributed by atoms with van der Waals surface area (Å²) in [5.41, 5.74) is 2.44. The average Bonchev–Trinajstić information content (AvgIpc) is 3.14. The highest BCUT2D eigenvalue weighted by Gasteiger charge is 2.33. The highest BCUT2D eigenvalue weighted by molar-refractivity contribution is 8.26. The summed E-state index contributed by atoms with van der Waals surface area (Å²) in [5.74, 6) is 0.245. The van der Waals surface area contributed by atoms with E-state index in [1.807, 2.05) is 37.3 Å². The predicted octanol–water partition coefficient (Wildman–Crippen LogP) is 6.83. The van der Waals surface area contributed by atoms with Crippen molar-refractivity contribution in [2.45, 2.75) is 58.9 Å². The zero-order valence-corrected chi connectivity index (χ0v) is 23.5. The molecule has 0 unspecified atom stereocenters. The summed E-state index contributed by atoms with van der Waals surface area (Å²) in [4.78, 5) is 33.6. The molecule has 9 heteroatoms. The Balaban J connectivity index is 1.62. The second-order valence-corrected chi connectivity index (χ2v) is 11.2. The Morgan fingerprint density at radius 3 is 2.62 bits per heavy atom. The summed E-state index contributed by atoms with van der Waals surface area (Å²) >= 11 is 13.0. The SMILES string of the molecule is CCCCCCCCNc1nc2c(C)cccn2c(=O)c1C=C1SC(=S)N(Cc2ccccc2Cl)C1=O. The lowest BCUT2D eigenvalue weighted by atomic mass is 10.1. The molecule has 2 aromatic heterocycles. The first kappa shape index (κ1) is 27.4. The molecule has 3 heterocycles. The van der Waals surface area contributed by atoms with Gasteiger partial charge < -0.3 is 5.32 Å². The van der Waals surface area contributed by atoms with Crippen LogP contribution in [0.2, 0.25) is 5.02 Å². The quantitative estimate of drug-likeness (QED) is 0.159. The van der Waals surface area contributed by atoms with E-state index in [4.69, 9.17) is 28.8 Å². The van der Waals surface area contributed by atoms with Crippen LogP contribution in [-0.4, -0.2) is 31.1 Å². The largest absolute Gasteiger partial charge is 0.369 e. The minimum Gasteiger partial charge on any atom is -0.369 e. The van der Waals surface area contributed by atoms with Crippen molar-refractivity contribution in [1.29, 1.82) is 0 Å². The van der Waals surface area contributed by atoms with Crippen LogP contribution in [0.25, 0.3) is 11.7 Å². The molecule has 1 saturated heterocycles. The van der Waals surface area contributed by atoms with Gasteiger partial charge in [-0.1, -0.05) is 98.9 Å². The number of hydrogen-bond acceptors (Lipinski definition) is 6. The van der Waals surface area contributed by atoms with Gasteiger partial charge in [0.1, 0.15) is 15.8 Å². The van der Waals surface area contributed by atoms with Crippen molar-refractivity contribution in [2.24, 2.45) is 0 Å². The minimum atomic E-state index is -0.245. The Bertz CT molecular complexity index is 1400. The zero-order chi connectivity index (χ0) is 26.4. The number of carbonyl (C=O) groups is 1. The van der Waals surface area contributed by atoms with E-state index in [2.05, 4.69) is 12.2 Å². The molecule has 1 aromatic carbocycles. The molecule has 0 bridgehead atoms. The second kappa shape index (κ2) is 12.7. The van der Waals surface area contributed by atoms with Crippen molar-refractivity contribution in [3.63, 3.8) is 0 Å². The topological polar surface area (TPSA) is 66.7 Å². The van der Waals surface area contributed by atoms with E-state index >= 15 is 0 Å². The molecular formula is C28H31ClN4O2S2. The molecule has 3 aromatic rings. The summed E-state index contributed by atoms with van der Waals surface area (Å²) in [6.07, 6.45) is 10.3. The number of pyridine rings is 1. The van der Waals surface area contributed by atoms with Crippen LogP contribution in [-0.2, 0) is 11.3 Å². The molecule has 0 atom stereocenters. The third-order valence-corrected chi connectivity index (χ3v) is 8.09. The molecular weight excluding hydrogens is 524 g/mol. The van der Waals surface area contributed by atoms with Crippen molar-refractivity contribution in [2.75, 3.05) is 11.9 Å². The van der Waals surface area contributed by atoms with Gasteiger partial charge in [0.25, 0.3) is 11.5 Å². The molecule has 0 aliphatic carbocycles. The number of rotatable bonds is 11. The van der Waals surface area contributed by atoms with E-state index in [1.54, 1.807) is 18.3 Å². The van der Waals surface area contributed by atoms with Gasteiger partial charge >= 0.3 is 0 Å². The number of nitrogens with zero attached hydrogens (tertiary/aromatic N) is 3. The standard InChI is InChI=1S/C28H31ClN4O2S2/c1-3-4-5-6-7-10-15-30-24-21(26(34)32-16-11-12-19(2)25(32)31-24)17-23-27(35)33(28(36)37-23)18-20-13-8-9-14-22(20)29/h8-9,11-14,16-17,30H,3-7,10,15,18H2,1-2H3. The number of nitrogens with one attached hydrogen (secondary N) is 1. The molecule has 1 amide bonds. The maximum Gasteiger partial charge on any atom is 0.267 e. The van der Waals surface area contributed by atoms with Crippen LogP contribution in [0.4, 0.5) is 5.82 Å². The third kappa shape index (κ3) is 6.43. The number of thiocarbonyl (C=S) groups is 1. The summed E-state index contributed by atoms with van der Waals surface area (Å²) in [7, 11) is 0. The van der Waals surface area contributed by atoms with Crippen molar-refractivity contribution in [3.8, 4) is 0 Å². The first-order valence-corrected chi connectivity index (χ1v) is 14.3. The molecule has 194 valence electrons. The smallest absolute Gasteiger partial charge is 0.267 e. The van der Waals surface area contributed by atoms with E-state index < -0.39 is 0 Å². The highest BCUT2D eigenvalue weighted by Crippen LogP contribution is 2.35. The second-order valence-electron chi connectivity index (χ2n) is 9.12. The van der Waals surface area contributed by atoms with Crippen molar-refractivity contribution >= 4 is 63.3 Å². The van der Waals surface area contributed by atoms with E-state index in [0.717, 1.165) is 24.0 Å².